The Morgan fingerprint density at radius 2 is 2.00 bits per heavy atom. The fourth-order valence-corrected chi connectivity index (χ4v) is 3.43. The molecule has 1 aliphatic heterocycles. The van der Waals surface area contributed by atoms with Gasteiger partial charge in [0.2, 0.25) is 15.9 Å². The summed E-state index contributed by atoms with van der Waals surface area (Å²) in [6.45, 7) is 4.74. The molecule has 0 aliphatic carbocycles. The van der Waals surface area contributed by atoms with Crippen molar-refractivity contribution < 1.29 is 17.9 Å². The number of ether oxygens (including phenoxy) is 1. The van der Waals surface area contributed by atoms with E-state index in [1.54, 1.807) is 24.3 Å². The molecule has 9 heteroatoms. The molecule has 3 N–H and O–H groups in total. The lowest BCUT2D eigenvalue weighted by molar-refractivity contribution is -0.127. The van der Waals surface area contributed by atoms with E-state index >= 15 is 0 Å². The van der Waals surface area contributed by atoms with Gasteiger partial charge in [-0.2, -0.15) is 0 Å². The smallest absolute Gasteiger partial charge is 0.241 e. The molecule has 1 atom stereocenters. The van der Waals surface area contributed by atoms with Crippen LogP contribution in [0.1, 0.15) is 20.3 Å². The maximum absolute atomic E-state index is 12.1. The van der Waals surface area contributed by atoms with Crippen molar-refractivity contribution >= 4 is 34.0 Å². The Labute approximate surface area is 149 Å². The van der Waals surface area contributed by atoms with Crippen LogP contribution in [0, 0.1) is 0 Å². The number of carbonyl (C=O) groups is 1. The van der Waals surface area contributed by atoms with Crippen molar-refractivity contribution in [3.63, 3.8) is 0 Å². The van der Waals surface area contributed by atoms with Crippen molar-refractivity contribution in [3.05, 3.63) is 24.3 Å². The van der Waals surface area contributed by atoms with Gasteiger partial charge in [-0.15, -0.1) is 12.4 Å². The number of nitrogens with two attached hydrogens (primary N) is 1. The SMILES string of the molecule is CC(C)Oc1ccc(NS(=O)(=O)CC(=O)N2CC[C@@H](N)C2)cc1.Cl. The number of nitrogens with one attached hydrogen (secondary N) is 1. The molecule has 1 aromatic carbocycles. The Bertz CT molecular complexity index is 649. The van der Waals surface area contributed by atoms with Gasteiger partial charge in [-0.25, -0.2) is 8.42 Å². The van der Waals surface area contributed by atoms with Gasteiger partial charge >= 0.3 is 0 Å². The summed E-state index contributed by atoms with van der Waals surface area (Å²) in [5, 5.41) is 0. The predicted molar refractivity (Wildman–Crippen MR) is 96.0 cm³/mol. The van der Waals surface area contributed by atoms with E-state index in [4.69, 9.17) is 10.5 Å². The lowest BCUT2D eigenvalue weighted by Gasteiger charge is -2.16. The molecular weight excluding hydrogens is 354 g/mol. The van der Waals surface area contributed by atoms with Gasteiger partial charge < -0.3 is 15.4 Å². The molecule has 0 radical (unpaired) electrons. The molecule has 1 heterocycles. The molecular formula is C15H24ClN3O4S. The van der Waals surface area contributed by atoms with Gasteiger partial charge in [0, 0.05) is 24.8 Å². The average molecular weight is 378 g/mol. The first kappa shape index (κ1) is 20.5. The Kier molecular flexibility index (Phi) is 7.31. The third-order valence-corrected chi connectivity index (χ3v) is 4.56. The van der Waals surface area contributed by atoms with Crippen LogP contribution >= 0.6 is 12.4 Å². The first-order chi connectivity index (χ1) is 10.7. The second kappa shape index (κ2) is 8.55. The van der Waals surface area contributed by atoms with Crippen molar-refractivity contribution in [2.75, 3.05) is 23.6 Å². The second-order valence-electron chi connectivity index (χ2n) is 5.94. The zero-order valence-electron chi connectivity index (χ0n) is 13.8. The number of rotatable bonds is 6. The van der Waals surface area contributed by atoms with E-state index in [2.05, 4.69) is 4.72 Å². The summed E-state index contributed by atoms with van der Waals surface area (Å²) in [5.41, 5.74) is 6.12. The fourth-order valence-electron chi connectivity index (χ4n) is 2.36. The van der Waals surface area contributed by atoms with Crippen LogP contribution in [0.2, 0.25) is 0 Å². The van der Waals surface area contributed by atoms with Gasteiger partial charge in [0.25, 0.3) is 0 Å². The third kappa shape index (κ3) is 6.18. The predicted octanol–water partition coefficient (Wildman–Crippen LogP) is 1.20. The van der Waals surface area contributed by atoms with E-state index in [-0.39, 0.29) is 24.6 Å². The number of hydrogen-bond donors (Lipinski definition) is 2. The number of hydrogen-bond acceptors (Lipinski definition) is 5. The molecule has 1 amide bonds. The summed E-state index contributed by atoms with van der Waals surface area (Å²) in [5.74, 6) is -0.348. The van der Waals surface area contributed by atoms with Crippen LogP contribution in [0.4, 0.5) is 5.69 Å². The molecule has 0 aromatic heterocycles. The number of likely N-dealkylation sites (tertiary alicyclic amines) is 1. The van der Waals surface area contributed by atoms with Gasteiger partial charge in [0.05, 0.1) is 6.10 Å². The number of benzene rings is 1. The highest BCUT2D eigenvalue weighted by molar-refractivity contribution is 7.93. The Hall–Kier alpha value is -1.51. The van der Waals surface area contributed by atoms with Crippen LogP contribution in [-0.4, -0.2) is 50.2 Å². The summed E-state index contributed by atoms with van der Waals surface area (Å²) in [6.07, 6.45) is 0.748. The highest BCUT2D eigenvalue weighted by atomic mass is 35.5. The summed E-state index contributed by atoms with van der Waals surface area (Å²) >= 11 is 0. The van der Waals surface area contributed by atoms with Crippen LogP contribution in [0.3, 0.4) is 0 Å². The Balaban J connectivity index is 0.00000288. The maximum atomic E-state index is 12.1. The minimum atomic E-state index is -3.75. The Morgan fingerprint density at radius 1 is 1.38 bits per heavy atom. The topological polar surface area (TPSA) is 102 Å². The van der Waals surface area contributed by atoms with Crippen LogP contribution in [0.15, 0.2) is 24.3 Å². The third-order valence-electron chi connectivity index (χ3n) is 3.39. The molecule has 136 valence electrons. The van der Waals surface area contributed by atoms with Crippen molar-refractivity contribution in [3.8, 4) is 5.75 Å². The molecule has 2 rings (SSSR count). The first-order valence-corrected chi connectivity index (χ1v) is 9.21. The van der Waals surface area contributed by atoms with Gasteiger partial charge in [0.15, 0.2) is 0 Å². The van der Waals surface area contributed by atoms with Gasteiger partial charge in [0.1, 0.15) is 11.5 Å². The quantitative estimate of drug-likeness (QED) is 0.775. The summed E-state index contributed by atoms with van der Waals surface area (Å²) in [6, 6.07) is 6.50. The zero-order chi connectivity index (χ0) is 17.0. The summed E-state index contributed by atoms with van der Waals surface area (Å²) in [4.78, 5) is 13.5. The average Bonchev–Trinajstić information content (AvgIpc) is 2.86. The van der Waals surface area contributed by atoms with Crippen molar-refractivity contribution in [2.24, 2.45) is 5.73 Å². The minimum Gasteiger partial charge on any atom is -0.491 e. The van der Waals surface area contributed by atoms with Gasteiger partial charge in [-0.1, -0.05) is 0 Å². The van der Waals surface area contributed by atoms with Crippen LogP contribution < -0.4 is 15.2 Å². The van der Waals surface area contributed by atoms with Crippen molar-refractivity contribution in [1.82, 2.24) is 4.90 Å². The molecule has 0 spiro atoms. The Morgan fingerprint density at radius 3 is 2.50 bits per heavy atom. The molecule has 1 fully saturated rings. The lowest BCUT2D eigenvalue weighted by atomic mass is 10.3. The van der Waals surface area contributed by atoms with E-state index in [1.165, 1.54) is 4.90 Å². The molecule has 1 aliphatic rings. The summed E-state index contributed by atoms with van der Waals surface area (Å²) in [7, 11) is -3.75. The number of amides is 1. The minimum absolute atomic E-state index is 0. The van der Waals surface area contributed by atoms with Crippen LogP contribution in [0.5, 0.6) is 5.75 Å². The van der Waals surface area contributed by atoms with E-state index in [0.717, 1.165) is 0 Å². The number of halogens is 1. The van der Waals surface area contributed by atoms with Crippen molar-refractivity contribution in [1.29, 1.82) is 0 Å². The van der Waals surface area contributed by atoms with Crippen molar-refractivity contribution in [2.45, 2.75) is 32.4 Å². The standard InChI is InChI=1S/C15H23N3O4S.ClH/c1-11(2)22-14-5-3-13(4-6-14)17-23(20,21)10-15(19)18-8-7-12(16)9-18;/h3-6,11-12,17H,7-10,16H2,1-2H3;1H/t12-;/m1./s1. The molecule has 7 nitrogen and oxygen atoms in total. The lowest BCUT2D eigenvalue weighted by Crippen LogP contribution is -2.37. The van der Waals surface area contributed by atoms with E-state index in [9.17, 15) is 13.2 Å². The molecule has 0 saturated carbocycles. The van der Waals surface area contributed by atoms with E-state index < -0.39 is 21.7 Å². The number of nitrogens with zero attached hydrogens (tertiary/aromatic N) is 1. The number of sulfonamides is 1. The number of carbonyl (C=O) groups excluding carboxylic acids is 1. The number of anilines is 1. The molecule has 0 bridgehead atoms. The van der Waals surface area contributed by atoms with E-state index in [1.807, 2.05) is 13.8 Å². The van der Waals surface area contributed by atoms with Crippen LogP contribution in [0.25, 0.3) is 0 Å². The van der Waals surface area contributed by atoms with Gasteiger partial charge in [-0.05, 0) is 44.5 Å². The monoisotopic (exact) mass is 377 g/mol. The van der Waals surface area contributed by atoms with E-state index in [0.29, 0.717) is 30.9 Å². The normalized spacial score (nSPS) is 17.5. The molecule has 1 aromatic rings. The van der Waals surface area contributed by atoms with Crippen LogP contribution in [-0.2, 0) is 14.8 Å². The fraction of sp³-hybridized carbons (Fsp3) is 0.533. The summed E-state index contributed by atoms with van der Waals surface area (Å²) < 4.78 is 32.1. The zero-order valence-corrected chi connectivity index (χ0v) is 15.4. The molecule has 0 unspecified atom stereocenters. The highest BCUT2D eigenvalue weighted by Gasteiger charge is 2.27. The highest BCUT2D eigenvalue weighted by Crippen LogP contribution is 2.18. The van der Waals surface area contributed by atoms with Gasteiger partial charge in [-0.3, -0.25) is 9.52 Å². The molecule has 24 heavy (non-hydrogen) atoms. The largest absolute Gasteiger partial charge is 0.491 e. The second-order valence-corrected chi connectivity index (χ2v) is 7.66. The molecule has 1 saturated heterocycles. The first-order valence-electron chi connectivity index (χ1n) is 7.56. The maximum Gasteiger partial charge on any atom is 0.241 e.